The first kappa shape index (κ1) is 30.8. The Balaban J connectivity index is 1.56. The Hall–Kier alpha value is -4.20. The molecule has 4 rings (SSSR count). The Morgan fingerprint density at radius 2 is 1.95 bits per heavy atom. The zero-order valence-electron chi connectivity index (χ0n) is 25.7. The van der Waals surface area contributed by atoms with Gasteiger partial charge in [-0.15, -0.1) is 0 Å². The van der Waals surface area contributed by atoms with E-state index in [1.165, 1.54) is 12.4 Å². The lowest BCUT2D eigenvalue weighted by molar-refractivity contribution is 0.235. The maximum absolute atomic E-state index is 15.3. The first-order valence-corrected chi connectivity index (χ1v) is 14.7. The first-order chi connectivity index (χ1) is 20.2. The molecule has 1 aliphatic rings. The topological polar surface area (TPSA) is 71.9 Å². The van der Waals surface area contributed by atoms with Gasteiger partial charge < -0.3 is 14.8 Å². The number of fused-ring (bicyclic) bond motifs is 1. The van der Waals surface area contributed by atoms with Crippen molar-refractivity contribution >= 4 is 28.6 Å². The third-order valence-corrected chi connectivity index (χ3v) is 7.50. The molecule has 42 heavy (non-hydrogen) atoms. The maximum atomic E-state index is 15.3. The van der Waals surface area contributed by atoms with Crippen LogP contribution in [0.2, 0.25) is 0 Å². The molecule has 1 N–H and O–H groups in total. The normalized spacial score (nSPS) is 16.0. The van der Waals surface area contributed by atoms with Crippen molar-refractivity contribution in [3.05, 3.63) is 83.4 Å². The number of allylic oxidation sites excluding steroid dienone is 3. The summed E-state index contributed by atoms with van der Waals surface area (Å²) in [6.45, 7) is 15.3. The van der Waals surface area contributed by atoms with Crippen LogP contribution in [0.25, 0.3) is 10.9 Å². The highest BCUT2D eigenvalue weighted by atomic mass is 19.1. The average Bonchev–Trinajstić information content (AvgIpc) is 2.98. The van der Waals surface area contributed by atoms with Gasteiger partial charge >= 0.3 is 0 Å². The first-order valence-electron chi connectivity index (χ1n) is 14.7. The summed E-state index contributed by atoms with van der Waals surface area (Å²) in [7, 11) is 0. The summed E-state index contributed by atoms with van der Waals surface area (Å²) in [6.07, 6.45) is 11.8. The number of halogens is 1. The van der Waals surface area contributed by atoms with E-state index >= 15 is 4.39 Å². The van der Waals surface area contributed by atoms with Crippen molar-refractivity contribution in [2.24, 2.45) is 16.9 Å². The molecule has 2 heterocycles. The molecular formula is C34H42FN5O2. The monoisotopic (exact) mass is 571 g/mol. The number of nitrogens with one attached hydrogen (secondary N) is 1. The molecular weight excluding hydrogens is 529 g/mol. The van der Waals surface area contributed by atoms with Gasteiger partial charge in [-0.1, -0.05) is 40.2 Å². The summed E-state index contributed by atoms with van der Waals surface area (Å²) in [5.41, 5.74) is 4.34. The lowest BCUT2D eigenvalue weighted by atomic mass is 9.96. The highest BCUT2D eigenvalue weighted by Crippen LogP contribution is 2.36. The van der Waals surface area contributed by atoms with Crippen molar-refractivity contribution in [1.82, 2.24) is 15.0 Å². The number of ether oxygens (including phenoxy) is 2. The van der Waals surface area contributed by atoms with Crippen LogP contribution in [-0.4, -0.2) is 27.8 Å². The second kappa shape index (κ2) is 14.1. The Morgan fingerprint density at radius 3 is 2.67 bits per heavy atom. The van der Waals surface area contributed by atoms with Gasteiger partial charge in [0, 0.05) is 30.2 Å². The fraction of sp³-hybridized carbons (Fsp3) is 0.382. The van der Waals surface area contributed by atoms with Crippen LogP contribution in [0.1, 0.15) is 66.4 Å². The molecule has 7 nitrogen and oxygen atoms in total. The van der Waals surface area contributed by atoms with Gasteiger partial charge in [0.25, 0.3) is 0 Å². The van der Waals surface area contributed by atoms with E-state index in [2.05, 4.69) is 48.1 Å². The molecule has 2 aromatic carbocycles. The predicted molar refractivity (Wildman–Crippen MR) is 170 cm³/mol. The summed E-state index contributed by atoms with van der Waals surface area (Å²) < 4.78 is 27.6. The number of benzene rings is 2. The molecule has 0 saturated carbocycles. The Morgan fingerprint density at radius 1 is 1.14 bits per heavy atom. The molecule has 0 radical (unpaired) electrons. The summed E-state index contributed by atoms with van der Waals surface area (Å²) in [5.74, 6) is 2.52. The van der Waals surface area contributed by atoms with Crippen LogP contribution in [0.3, 0.4) is 0 Å². The lowest BCUT2D eigenvalue weighted by Crippen LogP contribution is -2.15. The maximum Gasteiger partial charge on any atom is 0.167 e. The summed E-state index contributed by atoms with van der Waals surface area (Å²) in [4.78, 5) is 8.96. The third kappa shape index (κ3) is 7.35. The zero-order chi connectivity index (χ0) is 30.2. The van der Waals surface area contributed by atoms with Crippen LogP contribution < -0.4 is 14.8 Å². The Kier molecular flexibility index (Phi) is 10.3. The molecule has 1 aliphatic heterocycles. The highest BCUT2D eigenvalue weighted by Gasteiger charge is 2.18. The molecule has 0 spiro atoms. The van der Waals surface area contributed by atoms with Crippen LogP contribution in [-0.2, 0) is 0 Å². The third-order valence-electron chi connectivity index (χ3n) is 7.50. The smallest absolute Gasteiger partial charge is 0.167 e. The summed E-state index contributed by atoms with van der Waals surface area (Å²) >= 11 is 0. The number of hydrogen-bond donors (Lipinski definition) is 1. The van der Waals surface area contributed by atoms with Crippen LogP contribution >= 0.6 is 0 Å². The largest absolute Gasteiger partial charge is 0.492 e. The van der Waals surface area contributed by atoms with E-state index in [1.54, 1.807) is 29.4 Å². The molecule has 222 valence electrons. The van der Waals surface area contributed by atoms with Gasteiger partial charge in [-0.2, -0.15) is 5.10 Å². The fourth-order valence-corrected chi connectivity index (χ4v) is 4.84. The molecule has 2 unspecified atom stereocenters. The Labute approximate surface area is 248 Å². The molecule has 2 atom stereocenters. The average molecular weight is 572 g/mol. The second-order valence-corrected chi connectivity index (χ2v) is 11.0. The van der Waals surface area contributed by atoms with Crippen LogP contribution in [0, 0.1) is 24.6 Å². The van der Waals surface area contributed by atoms with Gasteiger partial charge in [-0.3, -0.25) is 0 Å². The minimum atomic E-state index is -0.495. The molecule has 3 aromatic rings. The minimum Gasteiger partial charge on any atom is -0.492 e. The molecule has 8 heteroatoms. The quantitative estimate of drug-likeness (QED) is 0.219. The van der Waals surface area contributed by atoms with E-state index in [0.29, 0.717) is 35.7 Å². The minimum absolute atomic E-state index is 0.125. The number of anilines is 2. The van der Waals surface area contributed by atoms with Gasteiger partial charge in [-0.25, -0.2) is 19.4 Å². The van der Waals surface area contributed by atoms with Crippen LogP contribution in [0.4, 0.5) is 15.9 Å². The van der Waals surface area contributed by atoms with Crippen LogP contribution in [0.15, 0.2) is 77.1 Å². The van der Waals surface area contributed by atoms with Gasteiger partial charge in [0.1, 0.15) is 23.7 Å². The second-order valence-electron chi connectivity index (χ2n) is 11.0. The SMILES string of the molecule is C/C=N\N1C=CC(Oc2ccc(Nc3ncnc4ccc(C)c(OCC(C)CC(C)CC)c34)cc2F)=CC1=C(C)CC. The molecule has 0 amide bonds. The van der Waals surface area contributed by atoms with Crippen molar-refractivity contribution in [1.29, 1.82) is 0 Å². The number of nitrogens with zero attached hydrogens (tertiary/aromatic N) is 4. The van der Waals surface area contributed by atoms with Crippen molar-refractivity contribution in [3.8, 4) is 11.5 Å². The number of rotatable bonds is 12. The van der Waals surface area contributed by atoms with E-state index in [-0.39, 0.29) is 5.75 Å². The Bertz CT molecular complexity index is 1530. The zero-order valence-corrected chi connectivity index (χ0v) is 25.7. The molecule has 1 aromatic heterocycles. The van der Waals surface area contributed by atoms with Crippen molar-refractivity contribution in [3.63, 3.8) is 0 Å². The number of hydrazone groups is 1. The van der Waals surface area contributed by atoms with E-state index in [0.717, 1.165) is 52.7 Å². The standard InChI is InChI=1S/C34H42FN5O2/c1-8-22(4)17-23(5)20-41-33-25(7)11-13-29-32(33)34(37-21-36-29)39-26-12-14-31(28(35)18-26)42-27-15-16-40(38-10-3)30(19-27)24(6)9-2/h10-16,18-19,21-23H,8-9,17,20H2,1-7H3,(H,36,37,39)/b30-24?,38-10-. The number of aromatic nitrogens is 2. The highest BCUT2D eigenvalue weighted by molar-refractivity contribution is 5.96. The van der Waals surface area contributed by atoms with Crippen LogP contribution in [0.5, 0.6) is 11.5 Å². The van der Waals surface area contributed by atoms with E-state index < -0.39 is 5.82 Å². The van der Waals surface area contributed by atoms with Gasteiger partial charge in [0.15, 0.2) is 11.6 Å². The fourth-order valence-electron chi connectivity index (χ4n) is 4.84. The number of aryl methyl sites for hydroxylation is 1. The van der Waals surface area contributed by atoms with Crippen molar-refractivity contribution < 1.29 is 13.9 Å². The summed E-state index contributed by atoms with van der Waals surface area (Å²) in [6, 6.07) is 8.74. The molecule has 0 saturated heterocycles. The van der Waals surface area contributed by atoms with E-state index in [4.69, 9.17) is 9.47 Å². The van der Waals surface area contributed by atoms with Gasteiger partial charge in [0.2, 0.25) is 0 Å². The predicted octanol–water partition coefficient (Wildman–Crippen LogP) is 9.05. The van der Waals surface area contributed by atoms with Gasteiger partial charge in [-0.05, 0) is 80.9 Å². The van der Waals surface area contributed by atoms with Gasteiger partial charge in [0.05, 0.1) is 23.2 Å². The molecule has 0 aliphatic carbocycles. The van der Waals surface area contributed by atoms with E-state index in [9.17, 15) is 0 Å². The van der Waals surface area contributed by atoms with Crippen molar-refractivity contribution in [2.45, 2.75) is 67.7 Å². The molecule has 0 bridgehead atoms. The summed E-state index contributed by atoms with van der Waals surface area (Å²) in [5, 5.41) is 10.2. The number of hydrogen-bond acceptors (Lipinski definition) is 7. The lowest BCUT2D eigenvalue weighted by Gasteiger charge is -2.23. The van der Waals surface area contributed by atoms with E-state index in [1.807, 2.05) is 45.2 Å². The molecule has 0 fully saturated rings. The van der Waals surface area contributed by atoms with Crippen molar-refractivity contribution in [2.75, 3.05) is 11.9 Å².